The summed E-state index contributed by atoms with van der Waals surface area (Å²) < 4.78 is 16.4. The van der Waals surface area contributed by atoms with Crippen molar-refractivity contribution in [2.45, 2.75) is 19.9 Å². The fourth-order valence-corrected chi connectivity index (χ4v) is 2.37. The first-order chi connectivity index (χ1) is 11.1. The summed E-state index contributed by atoms with van der Waals surface area (Å²) in [4.78, 5) is 12.0. The van der Waals surface area contributed by atoms with E-state index in [9.17, 15) is 4.79 Å². The molecule has 5 nitrogen and oxygen atoms in total. The van der Waals surface area contributed by atoms with Crippen molar-refractivity contribution in [2.24, 2.45) is 0 Å². The van der Waals surface area contributed by atoms with Crippen LogP contribution in [0, 0.1) is 6.92 Å². The van der Waals surface area contributed by atoms with E-state index >= 15 is 0 Å². The summed E-state index contributed by atoms with van der Waals surface area (Å²) >= 11 is 0. The highest BCUT2D eigenvalue weighted by Gasteiger charge is 2.15. The molecule has 0 radical (unpaired) electrons. The van der Waals surface area contributed by atoms with Crippen LogP contribution < -0.4 is 14.8 Å². The molecule has 0 aliphatic carbocycles. The van der Waals surface area contributed by atoms with E-state index in [1.54, 1.807) is 6.08 Å². The van der Waals surface area contributed by atoms with E-state index in [2.05, 4.69) is 5.32 Å². The number of amides is 1. The van der Waals surface area contributed by atoms with Crippen LogP contribution in [0.15, 0.2) is 40.8 Å². The SMILES string of the molecule is Cc1ccc(/C=C/C(=O)NC(C)c2ccc3c(c2)OCCO3)o1. The normalized spacial score (nSPS) is 14.7. The molecule has 1 aliphatic rings. The Labute approximate surface area is 134 Å². The van der Waals surface area contributed by atoms with Crippen molar-refractivity contribution in [3.05, 3.63) is 53.5 Å². The summed E-state index contributed by atoms with van der Waals surface area (Å²) in [6.45, 7) is 4.90. The maximum atomic E-state index is 12.0. The van der Waals surface area contributed by atoms with E-state index in [0.717, 1.165) is 22.8 Å². The summed E-state index contributed by atoms with van der Waals surface area (Å²) in [5, 5.41) is 2.92. The Morgan fingerprint density at radius 2 is 1.96 bits per heavy atom. The fourth-order valence-electron chi connectivity index (χ4n) is 2.37. The molecule has 5 heteroatoms. The van der Waals surface area contributed by atoms with Gasteiger partial charge in [-0.25, -0.2) is 0 Å². The summed E-state index contributed by atoms with van der Waals surface area (Å²) in [7, 11) is 0. The van der Waals surface area contributed by atoms with Crippen molar-refractivity contribution in [3.8, 4) is 11.5 Å². The third-order valence-corrected chi connectivity index (χ3v) is 3.59. The van der Waals surface area contributed by atoms with Crippen LogP contribution in [0.5, 0.6) is 11.5 Å². The second kappa shape index (κ2) is 6.60. The van der Waals surface area contributed by atoms with Crippen LogP contribution in [-0.4, -0.2) is 19.1 Å². The van der Waals surface area contributed by atoms with Gasteiger partial charge in [0.05, 0.1) is 6.04 Å². The third kappa shape index (κ3) is 3.74. The van der Waals surface area contributed by atoms with Crippen molar-refractivity contribution >= 4 is 12.0 Å². The van der Waals surface area contributed by atoms with E-state index in [4.69, 9.17) is 13.9 Å². The molecule has 23 heavy (non-hydrogen) atoms. The van der Waals surface area contributed by atoms with E-state index in [0.29, 0.717) is 19.0 Å². The van der Waals surface area contributed by atoms with E-state index in [1.807, 2.05) is 44.2 Å². The highest BCUT2D eigenvalue weighted by Crippen LogP contribution is 2.32. The largest absolute Gasteiger partial charge is 0.486 e. The van der Waals surface area contributed by atoms with Gasteiger partial charge in [-0.3, -0.25) is 4.79 Å². The van der Waals surface area contributed by atoms with E-state index in [1.165, 1.54) is 6.08 Å². The van der Waals surface area contributed by atoms with Crippen molar-refractivity contribution in [2.75, 3.05) is 13.2 Å². The van der Waals surface area contributed by atoms with Gasteiger partial charge < -0.3 is 19.2 Å². The predicted molar refractivity (Wildman–Crippen MR) is 86.5 cm³/mol. The molecule has 0 saturated carbocycles. The van der Waals surface area contributed by atoms with Gasteiger partial charge in [-0.2, -0.15) is 0 Å². The highest BCUT2D eigenvalue weighted by atomic mass is 16.6. The van der Waals surface area contributed by atoms with Crippen molar-refractivity contribution in [3.63, 3.8) is 0 Å². The number of carbonyl (C=O) groups is 1. The smallest absolute Gasteiger partial charge is 0.244 e. The number of carbonyl (C=O) groups excluding carboxylic acids is 1. The van der Waals surface area contributed by atoms with Gasteiger partial charge in [0.25, 0.3) is 0 Å². The zero-order valence-corrected chi connectivity index (χ0v) is 13.2. The number of aryl methyl sites for hydroxylation is 1. The molecule has 0 bridgehead atoms. The topological polar surface area (TPSA) is 60.7 Å². The van der Waals surface area contributed by atoms with Crippen molar-refractivity contribution in [1.29, 1.82) is 0 Å². The second-order valence-corrected chi connectivity index (χ2v) is 5.42. The minimum absolute atomic E-state index is 0.138. The minimum Gasteiger partial charge on any atom is -0.486 e. The lowest BCUT2D eigenvalue weighted by atomic mass is 10.1. The molecule has 3 rings (SSSR count). The number of hydrogen-bond acceptors (Lipinski definition) is 4. The van der Waals surface area contributed by atoms with Gasteiger partial charge in [0.1, 0.15) is 24.7 Å². The molecule has 1 N–H and O–H groups in total. The average Bonchev–Trinajstić information content (AvgIpc) is 2.98. The molecule has 120 valence electrons. The molecule has 1 aliphatic heterocycles. The fraction of sp³-hybridized carbons (Fsp3) is 0.278. The number of nitrogens with one attached hydrogen (secondary N) is 1. The maximum Gasteiger partial charge on any atom is 0.244 e. The molecular formula is C18H19NO4. The molecule has 1 amide bonds. The monoisotopic (exact) mass is 313 g/mol. The van der Waals surface area contributed by atoms with Gasteiger partial charge in [0.2, 0.25) is 5.91 Å². The van der Waals surface area contributed by atoms with Crippen LogP contribution in [0.3, 0.4) is 0 Å². The number of ether oxygens (including phenoxy) is 2. The molecule has 2 heterocycles. The van der Waals surface area contributed by atoms with Crippen LogP contribution in [-0.2, 0) is 4.79 Å². The quantitative estimate of drug-likeness (QED) is 0.880. The standard InChI is InChI=1S/C18H19NO4/c1-12-3-5-15(23-12)6-8-18(20)19-13(2)14-4-7-16-17(11-14)22-10-9-21-16/h3-8,11,13H,9-10H2,1-2H3,(H,19,20)/b8-6+. The molecule has 0 saturated heterocycles. The molecule has 1 aromatic carbocycles. The van der Waals surface area contributed by atoms with Gasteiger partial charge in [0, 0.05) is 6.08 Å². The van der Waals surface area contributed by atoms with Gasteiger partial charge in [-0.15, -0.1) is 0 Å². The Morgan fingerprint density at radius 3 is 2.70 bits per heavy atom. The molecule has 0 fully saturated rings. The van der Waals surface area contributed by atoms with Crippen LogP contribution in [0.25, 0.3) is 6.08 Å². The van der Waals surface area contributed by atoms with Gasteiger partial charge in [0.15, 0.2) is 11.5 Å². The summed E-state index contributed by atoms with van der Waals surface area (Å²) in [5.41, 5.74) is 0.963. The summed E-state index contributed by atoms with van der Waals surface area (Å²) in [6, 6.07) is 9.24. The number of rotatable bonds is 4. The Kier molecular flexibility index (Phi) is 4.37. The molecule has 1 unspecified atom stereocenters. The molecule has 2 aromatic rings. The molecule has 1 atom stereocenters. The third-order valence-electron chi connectivity index (χ3n) is 3.59. The van der Waals surface area contributed by atoms with Crippen LogP contribution >= 0.6 is 0 Å². The first kappa shape index (κ1) is 15.2. The molecule has 0 spiro atoms. The van der Waals surface area contributed by atoms with Crippen molar-refractivity contribution in [1.82, 2.24) is 5.32 Å². The van der Waals surface area contributed by atoms with Gasteiger partial charge >= 0.3 is 0 Å². The first-order valence-electron chi connectivity index (χ1n) is 7.56. The lowest BCUT2D eigenvalue weighted by Crippen LogP contribution is -2.25. The number of hydrogen-bond donors (Lipinski definition) is 1. The number of benzene rings is 1. The highest BCUT2D eigenvalue weighted by molar-refractivity contribution is 5.91. The first-order valence-corrected chi connectivity index (χ1v) is 7.56. The zero-order chi connectivity index (χ0) is 16.2. The summed E-state index contributed by atoms with van der Waals surface area (Å²) in [5.74, 6) is 2.75. The second-order valence-electron chi connectivity index (χ2n) is 5.42. The van der Waals surface area contributed by atoms with Crippen molar-refractivity contribution < 1.29 is 18.7 Å². The average molecular weight is 313 g/mol. The van der Waals surface area contributed by atoms with Gasteiger partial charge in [-0.05, 0) is 49.8 Å². The molecular weight excluding hydrogens is 294 g/mol. The lowest BCUT2D eigenvalue weighted by Gasteiger charge is -2.20. The minimum atomic E-state index is -0.179. The Morgan fingerprint density at radius 1 is 1.17 bits per heavy atom. The number of fused-ring (bicyclic) bond motifs is 1. The Balaban J connectivity index is 1.63. The van der Waals surface area contributed by atoms with E-state index in [-0.39, 0.29) is 11.9 Å². The zero-order valence-electron chi connectivity index (χ0n) is 13.2. The predicted octanol–water partition coefficient (Wildman–Crippen LogP) is 3.25. The lowest BCUT2D eigenvalue weighted by molar-refractivity contribution is -0.117. The Hall–Kier alpha value is -2.69. The van der Waals surface area contributed by atoms with Gasteiger partial charge in [-0.1, -0.05) is 6.07 Å². The Bertz CT molecular complexity index is 732. The number of furan rings is 1. The van der Waals surface area contributed by atoms with Crippen LogP contribution in [0.2, 0.25) is 0 Å². The van der Waals surface area contributed by atoms with E-state index < -0.39 is 0 Å². The summed E-state index contributed by atoms with van der Waals surface area (Å²) in [6.07, 6.45) is 3.12. The van der Waals surface area contributed by atoms with Crippen LogP contribution in [0.4, 0.5) is 0 Å². The maximum absolute atomic E-state index is 12.0. The van der Waals surface area contributed by atoms with Crippen LogP contribution in [0.1, 0.15) is 30.0 Å². The molecule has 1 aromatic heterocycles.